The van der Waals surface area contributed by atoms with Gasteiger partial charge in [-0.1, -0.05) is 40.9 Å². The van der Waals surface area contributed by atoms with Crippen molar-refractivity contribution >= 4 is 34.8 Å². The van der Waals surface area contributed by atoms with Gasteiger partial charge in [-0.15, -0.1) is 0 Å². The highest BCUT2D eigenvalue weighted by atomic mass is 35.5. The number of aliphatic hydroxyl groups excluding tert-OH is 1. The first-order valence-corrected chi connectivity index (χ1v) is 7.32. The molecular formula is C15H12Cl3FO2. The zero-order valence-corrected chi connectivity index (χ0v) is 13.3. The second kappa shape index (κ2) is 6.84. The fourth-order valence-electron chi connectivity index (χ4n) is 1.88. The van der Waals surface area contributed by atoms with Crippen molar-refractivity contribution < 1.29 is 14.2 Å². The maximum atomic E-state index is 13.2. The molecule has 112 valence electrons. The summed E-state index contributed by atoms with van der Waals surface area (Å²) >= 11 is 18.0. The molecule has 0 aliphatic carbocycles. The molecule has 0 saturated heterocycles. The highest BCUT2D eigenvalue weighted by Gasteiger charge is 2.18. The molecule has 1 unspecified atom stereocenters. The van der Waals surface area contributed by atoms with Crippen LogP contribution in [0.1, 0.15) is 24.2 Å². The first-order valence-electron chi connectivity index (χ1n) is 6.18. The lowest BCUT2D eigenvalue weighted by molar-refractivity contribution is 0.220. The Bertz CT molecular complexity index is 662. The van der Waals surface area contributed by atoms with Gasteiger partial charge in [-0.2, -0.15) is 0 Å². The minimum atomic E-state index is -1.07. The van der Waals surface area contributed by atoms with Crippen LogP contribution in [0, 0.1) is 5.82 Å². The number of halogens is 4. The van der Waals surface area contributed by atoms with Crippen LogP contribution in [-0.2, 0) is 0 Å². The van der Waals surface area contributed by atoms with Crippen LogP contribution in [-0.4, -0.2) is 11.7 Å². The molecule has 0 fully saturated rings. The molecule has 0 radical (unpaired) electrons. The summed E-state index contributed by atoms with van der Waals surface area (Å²) in [5.41, 5.74) is 0.816. The smallest absolute Gasteiger partial charge is 0.141 e. The fraction of sp³-hybridized carbons (Fsp3) is 0.200. The molecule has 6 heteroatoms. The van der Waals surface area contributed by atoms with E-state index < -0.39 is 11.9 Å². The van der Waals surface area contributed by atoms with Gasteiger partial charge in [0.1, 0.15) is 17.7 Å². The standard InChI is InChI=1S/C15H12Cl3FO2/c1-2-21-14-7-10(16)9(6-12(14)18)15(20)8-3-4-13(19)11(17)5-8/h3-7,15,20H,2H2,1H3. The molecule has 0 saturated carbocycles. The van der Waals surface area contributed by atoms with Crippen molar-refractivity contribution in [1.82, 2.24) is 0 Å². The summed E-state index contributed by atoms with van der Waals surface area (Å²) in [4.78, 5) is 0. The maximum absolute atomic E-state index is 13.2. The Kier molecular flexibility index (Phi) is 5.33. The van der Waals surface area contributed by atoms with E-state index in [1.54, 1.807) is 0 Å². The summed E-state index contributed by atoms with van der Waals surface area (Å²) in [5, 5.41) is 10.9. The first-order chi connectivity index (χ1) is 9.93. The lowest BCUT2D eigenvalue weighted by Crippen LogP contribution is -2.02. The highest BCUT2D eigenvalue weighted by Crippen LogP contribution is 2.37. The van der Waals surface area contributed by atoms with Gasteiger partial charge in [-0.3, -0.25) is 0 Å². The van der Waals surface area contributed by atoms with Crippen molar-refractivity contribution in [2.45, 2.75) is 13.0 Å². The summed E-state index contributed by atoms with van der Waals surface area (Å²) in [6.07, 6.45) is -1.07. The lowest BCUT2D eigenvalue weighted by Gasteiger charge is -2.16. The fourth-order valence-corrected chi connectivity index (χ4v) is 2.55. The van der Waals surface area contributed by atoms with Gasteiger partial charge < -0.3 is 9.84 Å². The van der Waals surface area contributed by atoms with Crippen LogP contribution in [0.5, 0.6) is 5.75 Å². The van der Waals surface area contributed by atoms with E-state index >= 15 is 0 Å². The number of benzene rings is 2. The number of hydrogen-bond donors (Lipinski definition) is 1. The largest absolute Gasteiger partial charge is 0.492 e. The van der Waals surface area contributed by atoms with E-state index in [0.717, 1.165) is 0 Å². The van der Waals surface area contributed by atoms with Crippen LogP contribution in [0.4, 0.5) is 4.39 Å². The maximum Gasteiger partial charge on any atom is 0.141 e. The molecule has 0 bridgehead atoms. The molecule has 2 nitrogen and oxygen atoms in total. The average Bonchev–Trinajstić information content (AvgIpc) is 2.45. The van der Waals surface area contributed by atoms with E-state index in [1.807, 2.05) is 6.92 Å². The Morgan fingerprint density at radius 3 is 2.43 bits per heavy atom. The monoisotopic (exact) mass is 348 g/mol. The van der Waals surface area contributed by atoms with Crippen LogP contribution in [0.3, 0.4) is 0 Å². The third-order valence-corrected chi connectivity index (χ3v) is 3.82. The predicted octanol–water partition coefficient (Wildman–Crippen LogP) is 5.27. The molecule has 0 aliphatic heterocycles. The van der Waals surface area contributed by atoms with Crippen molar-refractivity contribution in [1.29, 1.82) is 0 Å². The summed E-state index contributed by atoms with van der Waals surface area (Å²) < 4.78 is 18.5. The zero-order valence-electron chi connectivity index (χ0n) is 11.0. The van der Waals surface area contributed by atoms with Gasteiger partial charge in [0, 0.05) is 11.6 Å². The van der Waals surface area contributed by atoms with Gasteiger partial charge in [0.15, 0.2) is 0 Å². The lowest BCUT2D eigenvalue weighted by atomic mass is 10.0. The van der Waals surface area contributed by atoms with Crippen LogP contribution >= 0.6 is 34.8 Å². The van der Waals surface area contributed by atoms with Gasteiger partial charge >= 0.3 is 0 Å². The Labute approximate surface area is 137 Å². The quantitative estimate of drug-likeness (QED) is 0.815. The molecule has 2 rings (SSSR count). The summed E-state index contributed by atoms with van der Waals surface area (Å²) in [6.45, 7) is 2.28. The predicted molar refractivity (Wildman–Crippen MR) is 83.1 cm³/mol. The molecule has 21 heavy (non-hydrogen) atoms. The number of ether oxygens (including phenoxy) is 1. The molecule has 0 spiro atoms. The Hall–Kier alpha value is -1.000. The van der Waals surface area contributed by atoms with E-state index in [4.69, 9.17) is 39.5 Å². The van der Waals surface area contributed by atoms with Crippen molar-refractivity contribution in [3.05, 3.63) is 62.3 Å². The molecule has 0 heterocycles. The minimum Gasteiger partial charge on any atom is -0.492 e. The van der Waals surface area contributed by atoms with E-state index in [1.165, 1.54) is 30.3 Å². The molecule has 0 aromatic heterocycles. The second-order valence-corrected chi connectivity index (χ2v) is 5.53. The van der Waals surface area contributed by atoms with Gasteiger partial charge in [-0.25, -0.2) is 4.39 Å². The van der Waals surface area contributed by atoms with Crippen LogP contribution in [0.15, 0.2) is 30.3 Å². The number of hydrogen-bond acceptors (Lipinski definition) is 2. The van der Waals surface area contributed by atoms with Crippen molar-refractivity contribution in [2.75, 3.05) is 6.61 Å². The van der Waals surface area contributed by atoms with Gasteiger partial charge in [0.2, 0.25) is 0 Å². The third-order valence-electron chi connectivity index (χ3n) is 2.91. The Morgan fingerprint density at radius 1 is 1.10 bits per heavy atom. The molecular weight excluding hydrogens is 338 g/mol. The van der Waals surface area contributed by atoms with Crippen molar-refractivity contribution in [3.8, 4) is 5.75 Å². The van der Waals surface area contributed by atoms with Gasteiger partial charge in [0.25, 0.3) is 0 Å². The van der Waals surface area contributed by atoms with Crippen molar-refractivity contribution in [2.24, 2.45) is 0 Å². The topological polar surface area (TPSA) is 29.5 Å². The summed E-state index contributed by atoms with van der Waals surface area (Å²) in [7, 11) is 0. The zero-order chi connectivity index (χ0) is 15.6. The molecule has 0 aliphatic rings. The molecule has 0 amide bonds. The van der Waals surface area contributed by atoms with Gasteiger partial charge in [0.05, 0.1) is 21.7 Å². The van der Waals surface area contributed by atoms with Crippen LogP contribution in [0.25, 0.3) is 0 Å². The molecule has 2 aromatic rings. The van der Waals surface area contributed by atoms with Crippen LogP contribution in [0.2, 0.25) is 15.1 Å². The summed E-state index contributed by atoms with van der Waals surface area (Å²) in [5.74, 6) is -0.110. The third kappa shape index (κ3) is 3.61. The Balaban J connectivity index is 2.40. The highest BCUT2D eigenvalue weighted by molar-refractivity contribution is 6.34. The SMILES string of the molecule is CCOc1cc(Cl)c(C(O)c2ccc(F)c(Cl)c2)cc1Cl. The number of aliphatic hydroxyl groups is 1. The average molecular weight is 350 g/mol. The number of rotatable bonds is 4. The van der Waals surface area contributed by atoms with E-state index in [2.05, 4.69) is 0 Å². The molecule has 1 atom stereocenters. The van der Waals surface area contributed by atoms with Crippen molar-refractivity contribution in [3.63, 3.8) is 0 Å². The second-order valence-electron chi connectivity index (χ2n) is 4.31. The van der Waals surface area contributed by atoms with Gasteiger partial charge in [-0.05, 0) is 30.7 Å². The molecule has 1 N–H and O–H groups in total. The normalized spacial score (nSPS) is 12.3. The van der Waals surface area contributed by atoms with E-state index in [0.29, 0.717) is 33.5 Å². The van der Waals surface area contributed by atoms with Crippen LogP contribution < -0.4 is 4.74 Å². The van der Waals surface area contributed by atoms with E-state index in [9.17, 15) is 9.50 Å². The minimum absolute atomic E-state index is 0.0697. The Morgan fingerprint density at radius 2 is 1.81 bits per heavy atom. The molecule has 2 aromatic carbocycles. The first kappa shape index (κ1) is 16.4. The van der Waals surface area contributed by atoms with E-state index in [-0.39, 0.29) is 5.02 Å². The summed E-state index contributed by atoms with van der Waals surface area (Å²) in [6, 6.07) is 7.04.